The summed E-state index contributed by atoms with van der Waals surface area (Å²) in [6.07, 6.45) is 0.386. The van der Waals surface area contributed by atoms with Crippen molar-refractivity contribution in [3.63, 3.8) is 0 Å². The Morgan fingerprint density at radius 2 is 0.983 bits per heavy atom. The summed E-state index contributed by atoms with van der Waals surface area (Å²) in [5.41, 5.74) is 15.3. The molecule has 3 aliphatic heterocycles. The van der Waals surface area contributed by atoms with Gasteiger partial charge in [0.15, 0.2) is 18.7 Å². The molecular formula is C33H54N14O10P2. The molecule has 0 radical (unpaired) electrons. The summed E-state index contributed by atoms with van der Waals surface area (Å²) >= 11 is 0. The third-order valence-electron chi connectivity index (χ3n) is 10.1. The highest BCUT2D eigenvalue weighted by Crippen LogP contribution is 2.56. The van der Waals surface area contributed by atoms with Crippen LogP contribution in [0.3, 0.4) is 0 Å². The molecule has 0 amide bonds. The van der Waals surface area contributed by atoms with Crippen molar-refractivity contribution < 1.29 is 32.4 Å². The lowest BCUT2D eigenvalue weighted by atomic mass is 10.2. The van der Waals surface area contributed by atoms with E-state index in [0.717, 1.165) is 0 Å². The Kier molecular flexibility index (Phi) is 13.9. The van der Waals surface area contributed by atoms with Crippen LogP contribution in [0.2, 0.25) is 0 Å². The third-order valence-corrected chi connectivity index (χ3v) is 15.2. The number of rotatable bonds is 14. The lowest BCUT2D eigenvalue weighted by Crippen LogP contribution is -2.51. The monoisotopic (exact) mass is 868 g/mol. The van der Waals surface area contributed by atoms with Gasteiger partial charge in [0, 0.05) is 44.8 Å². The van der Waals surface area contributed by atoms with Gasteiger partial charge in [-0.25, -0.2) is 33.1 Å². The first-order valence-electron chi connectivity index (χ1n) is 18.9. The number of ether oxygens (including phenoxy) is 3. The molecule has 0 spiro atoms. The summed E-state index contributed by atoms with van der Waals surface area (Å²) in [6.45, 7) is 2.38. The van der Waals surface area contributed by atoms with E-state index in [0.29, 0.717) is 19.5 Å². The molecule has 3 aromatic rings. The Bertz CT molecular complexity index is 2220. The van der Waals surface area contributed by atoms with Gasteiger partial charge in [0.25, 0.3) is 0 Å². The first-order chi connectivity index (χ1) is 27.9. The second-order valence-electron chi connectivity index (χ2n) is 14.9. The minimum atomic E-state index is -3.93. The van der Waals surface area contributed by atoms with Crippen LogP contribution in [0.15, 0.2) is 51.2 Å². The molecule has 0 bridgehead atoms. The first-order valence-corrected chi connectivity index (χ1v) is 22.0. The molecule has 3 saturated heterocycles. The predicted molar refractivity (Wildman–Crippen MR) is 216 cm³/mol. The number of likely N-dealkylation sites (N-methyl/N-ethyl adjacent to an activating group) is 1. The van der Waals surface area contributed by atoms with Crippen molar-refractivity contribution in [3.8, 4) is 0 Å². The van der Waals surface area contributed by atoms with Crippen LogP contribution in [0, 0.1) is 0 Å². The summed E-state index contributed by atoms with van der Waals surface area (Å²) in [7, 11) is 0.496. The van der Waals surface area contributed by atoms with E-state index in [9.17, 15) is 18.9 Å². The van der Waals surface area contributed by atoms with Gasteiger partial charge in [-0.3, -0.25) is 27.7 Å². The van der Waals surface area contributed by atoms with Gasteiger partial charge in [-0.2, -0.15) is 15.0 Å². The Balaban J connectivity index is 1.24. The van der Waals surface area contributed by atoms with Crippen molar-refractivity contribution in [2.75, 3.05) is 105 Å². The highest BCUT2D eigenvalue weighted by Gasteiger charge is 2.46. The maximum Gasteiger partial charge on any atom is 0.351 e. The molecule has 3 aliphatic rings. The lowest BCUT2D eigenvalue weighted by Gasteiger charge is -2.45. The number of hydrogen-bond acceptors (Lipinski definition) is 17. The van der Waals surface area contributed by atoms with Crippen molar-refractivity contribution in [2.45, 2.75) is 50.3 Å². The third kappa shape index (κ3) is 10.0. The van der Waals surface area contributed by atoms with E-state index in [1.165, 1.54) is 59.8 Å². The lowest BCUT2D eigenvalue weighted by molar-refractivity contribution is -0.134. The zero-order chi connectivity index (χ0) is 42.8. The number of nitrogen functional groups attached to an aromatic ring is 3. The predicted octanol–water partition coefficient (Wildman–Crippen LogP) is -0.486. The molecule has 8 unspecified atom stereocenters. The van der Waals surface area contributed by atoms with Crippen molar-refractivity contribution in [1.82, 2.24) is 52.2 Å². The second-order valence-corrected chi connectivity index (χ2v) is 20.1. The molecule has 6 N–H and O–H groups in total. The molecule has 24 nitrogen and oxygen atoms in total. The first kappa shape index (κ1) is 44.6. The van der Waals surface area contributed by atoms with Crippen molar-refractivity contribution >= 4 is 32.8 Å². The highest BCUT2D eigenvalue weighted by atomic mass is 31.2. The summed E-state index contributed by atoms with van der Waals surface area (Å²) < 4.78 is 71.5. The molecule has 3 aromatic heterocycles. The van der Waals surface area contributed by atoms with Crippen molar-refractivity contribution in [3.05, 3.63) is 68.2 Å². The van der Waals surface area contributed by atoms with Gasteiger partial charge in [0.2, 0.25) is 0 Å². The van der Waals surface area contributed by atoms with Gasteiger partial charge >= 0.3 is 32.4 Å². The molecule has 3 fully saturated rings. The van der Waals surface area contributed by atoms with E-state index in [2.05, 4.69) is 15.0 Å². The Labute approximate surface area is 340 Å². The van der Waals surface area contributed by atoms with Crippen LogP contribution in [0.25, 0.3) is 0 Å². The smallest absolute Gasteiger partial charge is 0.351 e. The molecule has 6 rings (SSSR count). The largest absolute Gasteiger partial charge is 0.383 e. The number of aromatic nitrogens is 6. The van der Waals surface area contributed by atoms with E-state index in [-0.39, 0.29) is 56.8 Å². The number of morpholine rings is 3. The van der Waals surface area contributed by atoms with Crippen LogP contribution < -0.4 is 34.3 Å². The van der Waals surface area contributed by atoms with Gasteiger partial charge < -0.3 is 40.5 Å². The standard InChI is InChI=1S/C33H54N14O10P2/c1-7-22-15-43(18-29(55-22)46-12-9-26(35)38-32(46)49)58(51,40(2)3)54-21-24-16-44(19-30(57-24)47-13-10-27(36)39-33(47)50)59(52,41(4)5)53-20-23-14-42(6)17-28(56-23)45-11-8-25(34)37-31(45)48/h8-13,22-24,28-30H,7,14-21H2,1-6H3,(H2,34,37,48)(H2,35,38,49)(H2,36,39,50). The maximum absolute atomic E-state index is 15.1. The normalized spacial score (nSPS) is 27.1. The fraction of sp³-hybridized carbons (Fsp3) is 0.636. The second kappa shape index (κ2) is 18.4. The molecule has 0 aliphatic carbocycles. The molecule has 26 heteroatoms. The van der Waals surface area contributed by atoms with Crippen LogP contribution in [0.5, 0.6) is 0 Å². The zero-order valence-corrected chi connectivity index (χ0v) is 35.7. The number of nitrogens with two attached hydrogens (primary N) is 3. The number of hydrogen-bond donors (Lipinski definition) is 3. The molecule has 8 atom stereocenters. The minimum Gasteiger partial charge on any atom is -0.383 e. The minimum absolute atomic E-state index is 0.00648. The summed E-state index contributed by atoms with van der Waals surface area (Å²) in [5.74, 6) is 0.149. The van der Waals surface area contributed by atoms with E-state index in [4.69, 9.17) is 40.5 Å². The van der Waals surface area contributed by atoms with Gasteiger partial charge in [0.05, 0.1) is 44.6 Å². The van der Waals surface area contributed by atoms with Crippen molar-refractivity contribution in [1.29, 1.82) is 0 Å². The summed E-state index contributed by atoms with van der Waals surface area (Å²) in [6, 6.07) is 4.42. The average Bonchev–Trinajstić information content (AvgIpc) is 3.18. The van der Waals surface area contributed by atoms with E-state index in [1.807, 2.05) is 18.9 Å². The maximum atomic E-state index is 15.1. The average molecular weight is 869 g/mol. The van der Waals surface area contributed by atoms with Crippen LogP contribution in [-0.4, -0.2) is 158 Å². The Morgan fingerprint density at radius 1 is 0.627 bits per heavy atom. The van der Waals surface area contributed by atoms with Crippen LogP contribution in [0.1, 0.15) is 32.0 Å². The fourth-order valence-corrected chi connectivity index (χ4v) is 11.1. The molecular weight excluding hydrogens is 814 g/mol. The molecule has 6 heterocycles. The SMILES string of the molecule is CCC1CN(P(=O)(OCC2CN(P(=O)(OCC3CN(C)CC(n4ccc(N)nc4=O)O3)N(C)C)CC(n3ccc(N)nc3=O)O2)N(C)C)CC(n2ccc(N)nc2=O)O1. The summed E-state index contributed by atoms with van der Waals surface area (Å²) in [5, 5.41) is 0. The van der Waals surface area contributed by atoms with Gasteiger partial charge in [-0.05, 0) is 59.9 Å². The molecule has 59 heavy (non-hydrogen) atoms. The Hall–Kier alpha value is -3.90. The van der Waals surface area contributed by atoms with E-state index >= 15 is 4.57 Å². The van der Waals surface area contributed by atoms with Crippen molar-refractivity contribution in [2.24, 2.45) is 0 Å². The van der Waals surface area contributed by atoms with E-state index in [1.54, 1.807) is 37.5 Å². The zero-order valence-electron chi connectivity index (χ0n) is 33.9. The fourth-order valence-electron chi connectivity index (χ4n) is 7.07. The number of anilines is 3. The van der Waals surface area contributed by atoms with Gasteiger partial charge in [-0.15, -0.1) is 0 Å². The van der Waals surface area contributed by atoms with Crippen LogP contribution >= 0.6 is 15.3 Å². The van der Waals surface area contributed by atoms with Gasteiger partial charge in [-0.1, -0.05) is 6.92 Å². The summed E-state index contributed by atoms with van der Waals surface area (Å²) in [4.78, 5) is 52.0. The molecule has 326 valence electrons. The van der Waals surface area contributed by atoms with Crippen LogP contribution in [-0.2, 0) is 32.4 Å². The topological polar surface area (TPSA) is 279 Å². The highest BCUT2D eigenvalue weighted by molar-refractivity contribution is 7.54. The molecule has 0 saturated carbocycles. The van der Waals surface area contributed by atoms with Crippen LogP contribution in [0.4, 0.5) is 17.5 Å². The number of nitrogens with zero attached hydrogens (tertiary/aromatic N) is 11. The van der Waals surface area contributed by atoms with Gasteiger partial charge in [0.1, 0.15) is 17.5 Å². The quantitative estimate of drug-likeness (QED) is 0.172. The molecule has 0 aromatic carbocycles. The Morgan fingerprint density at radius 3 is 1.36 bits per heavy atom. The van der Waals surface area contributed by atoms with E-state index < -0.39 is 69.4 Å².